The fraction of sp³-hybridized carbons (Fsp3) is 0.857. The molecule has 0 aliphatic heterocycles. The Bertz CT molecular complexity index is 860. The van der Waals surface area contributed by atoms with Crippen LogP contribution in [-0.4, -0.2) is 68.4 Å². The van der Waals surface area contributed by atoms with Gasteiger partial charge < -0.3 is 0 Å². The second-order valence-electron chi connectivity index (χ2n) is 6.59. The number of alkyl halides is 17. The maximum absolute atomic E-state index is 13.6. The highest BCUT2D eigenvalue weighted by atomic mass is 32.2. The summed E-state index contributed by atoms with van der Waals surface area (Å²) >= 11 is 0. The van der Waals surface area contributed by atoms with Crippen LogP contribution in [0.15, 0.2) is 12.7 Å². The maximum atomic E-state index is 13.6. The number of hydrogen-bond donors (Lipinski definition) is 0. The van der Waals surface area contributed by atoms with E-state index in [1.165, 1.54) is 0 Å². The van der Waals surface area contributed by atoms with Gasteiger partial charge in [-0.3, -0.25) is 4.18 Å². The van der Waals surface area contributed by atoms with E-state index in [4.69, 9.17) is 0 Å². The van der Waals surface area contributed by atoms with Gasteiger partial charge in [-0.05, 0) is 6.42 Å². The van der Waals surface area contributed by atoms with Crippen molar-refractivity contribution < 1.29 is 87.2 Å². The molecule has 0 aromatic carbocycles. The van der Waals surface area contributed by atoms with Crippen LogP contribution in [-0.2, 0) is 14.3 Å². The van der Waals surface area contributed by atoms with E-state index in [1.54, 1.807) is 0 Å². The first kappa shape index (κ1) is 33.5. The van der Waals surface area contributed by atoms with Gasteiger partial charge in [0.1, 0.15) is 0 Å². The lowest BCUT2D eigenvalue weighted by Gasteiger charge is -2.42. The topological polar surface area (TPSA) is 43.4 Å². The lowest BCUT2D eigenvalue weighted by atomic mass is 9.88. The van der Waals surface area contributed by atoms with Crippen LogP contribution in [0.5, 0.6) is 0 Å². The van der Waals surface area contributed by atoms with Crippen molar-refractivity contribution in [2.75, 3.05) is 12.4 Å². The predicted molar refractivity (Wildman–Crippen MR) is 79.9 cm³/mol. The average Bonchev–Trinajstić information content (AvgIpc) is 2.63. The van der Waals surface area contributed by atoms with Crippen LogP contribution in [0.25, 0.3) is 0 Å². The zero-order valence-electron chi connectivity index (χ0n) is 16.2. The minimum absolute atomic E-state index is 0.666. The summed E-state index contributed by atoms with van der Waals surface area (Å²) in [4.78, 5) is 0. The Hall–Kier alpha value is -1.54. The van der Waals surface area contributed by atoms with Crippen molar-refractivity contribution in [2.24, 2.45) is 0 Å². The van der Waals surface area contributed by atoms with Gasteiger partial charge in [-0.25, -0.2) is 0 Å². The van der Waals surface area contributed by atoms with Crippen molar-refractivity contribution >= 4 is 10.1 Å². The molecule has 0 saturated heterocycles. The summed E-state index contributed by atoms with van der Waals surface area (Å²) in [5, 5.41) is 0. The Labute approximate surface area is 184 Å². The standard InChI is InChI=1S/C14H11F17O3S/c1-2-6-35(32,33)34-5-3-4-7(15,16)8(17,18)9(19,20)10(21,22)11(23,24)12(25,26)13(27,28)14(29,30)31/h2H,1,3-6H2. The van der Waals surface area contributed by atoms with Gasteiger partial charge in [-0.15, -0.1) is 6.58 Å². The molecule has 0 unspecified atom stereocenters. The first-order valence-corrected chi connectivity index (χ1v) is 9.79. The van der Waals surface area contributed by atoms with Gasteiger partial charge in [0.05, 0.1) is 12.4 Å². The minimum atomic E-state index is -8.69. The zero-order chi connectivity index (χ0) is 28.7. The largest absolute Gasteiger partial charge is 0.460 e. The van der Waals surface area contributed by atoms with Crippen LogP contribution in [0.4, 0.5) is 74.6 Å². The van der Waals surface area contributed by atoms with Crippen molar-refractivity contribution in [1.82, 2.24) is 0 Å². The molecule has 0 spiro atoms. The number of rotatable bonds is 13. The van der Waals surface area contributed by atoms with Gasteiger partial charge in [-0.2, -0.15) is 83.1 Å². The second kappa shape index (κ2) is 9.40. The summed E-state index contributed by atoms with van der Waals surface area (Å²) < 4.78 is 248. The molecule has 0 aliphatic rings. The molecule has 0 aromatic heterocycles. The van der Waals surface area contributed by atoms with E-state index in [2.05, 4.69) is 10.8 Å². The van der Waals surface area contributed by atoms with Gasteiger partial charge in [0.2, 0.25) is 0 Å². The second-order valence-corrected chi connectivity index (χ2v) is 8.27. The van der Waals surface area contributed by atoms with Crippen LogP contribution in [0.3, 0.4) is 0 Å². The summed E-state index contributed by atoms with van der Waals surface area (Å²) in [5.41, 5.74) is 0. The van der Waals surface area contributed by atoms with Gasteiger partial charge >= 0.3 is 47.6 Å². The van der Waals surface area contributed by atoms with E-state index < -0.39 is 83.0 Å². The Balaban J connectivity index is 6.19. The monoisotopic (exact) mass is 582 g/mol. The molecule has 0 aliphatic carbocycles. The molecule has 0 aromatic rings. The molecule has 0 heterocycles. The normalized spacial score (nSPS) is 15.9. The third-order valence-corrected chi connectivity index (χ3v) is 5.18. The average molecular weight is 582 g/mol. The third kappa shape index (κ3) is 5.43. The Kier molecular flexibility index (Phi) is 8.99. The molecule has 0 rings (SSSR count). The fourth-order valence-corrected chi connectivity index (χ4v) is 2.78. The molecule has 0 fully saturated rings. The van der Waals surface area contributed by atoms with Crippen LogP contribution >= 0.6 is 0 Å². The van der Waals surface area contributed by atoms with Crippen molar-refractivity contribution in [3.8, 4) is 0 Å². The first-order chi connectivity index (χ1) is 15.0. The van der Waals surface area contributed by atoms with Crippen LogP contribution in [0, 0.1) is 0 Å². The Morgan fingerprint density at radius 2 is 0.943 bits per heavy atom. The molecule has 0 atom stereocenters. The number of halogens is 17. The first-order valence-electron chi connectivity index (χ1n) is 8.21. The zero-order valence-corrected chi connectivity index (χ0v) is 17.0. The van der Waals surface area contributed by atoms with E-state index in [0.29, 0.717) is 6.08 Å². The summed E-state index contributed by atoms with van der Waals surface area (Å²) in [6, 6.07) is 0. The molecule has 0 saturated carbocycles. The SMILES string of the molecule is C=CCS(=O)(=O)OCCCC(F)(F)C(F)(F)C(F)(F)C(F)(F)C(F)(F)C(F)(F)C(F)(F)C(F)(F)F. The summed E-state index contributed by atoms with van der Waals surface area (Å²) in [6.45, 7) is 1.39. The highest BCUT2D eigenvalue weighted by Crippen LogP contribution is 2.64. The molecule has 35 heavy (non-hydrogen) atoms. The van der Waals surface area contributed by atoms with Crippen molar-refractivity contribution in [2.45, 2.75) is 60.5 Å². The molecule has 0 amide bonds. The third-order valence-electron chi connectivity index (χ3n) is 4.01. The van der Waals surface area contributed by atoms with Crippen LogP contribution in [0.1, 0.15) is 12.8 Å². The van der Waals surface area contributed by atoms with E-state index in [0.717, 1.165) is 0 Å². The lowest BCUT2D eigenvalue weighted by molar-refractivity contribution is -0.461. The molecular formula is C14H11F17O3S. The lowest BCUT2D eigenvalue weighted by Crippen LogP contribution is -2.74. The van der Waals surface area contributed by atoms with Gasteiger partial charge in [-0.1, -0.05) is 6.08 Å². The summed E-state index contributed by atoms with van der Waals surface area (Å²) in [7, 11) is -4.56. The van der Waals surface area contributed by atoms with Crippen LogP contribution in [0.2, 0.25) is 0 Å². The maximum Gasteiger partial charge on any atom is 0.460 e. The highest BCUT2D eigenvalue weighted by Gasteiger charge is 2.95. The molecule has 0 N–H and O–H groups in total. The molecule has 3 nitrogen and oxygen atoms in total. The van der Waals surface area contributed by atoms with E-state index in [-0.39, 0.29) is 0 Å². The van der Waals surface area contributed by atoms with E-state index in [1.807, 2.05) is 0 Å². The summed E-state index contributed by atoms with van der Waals surface area (Å²) in [5.74, 6) is -57.9. The van der Waals surface area contributed by atoms with Gasteiger partial charge in [0.15, 0.2) is 0 Å². The van der Waals surface area contributed by atoms with Crippen molar-refractivity contribution in [1.29, 1.82) is 0 Å². The Morgan fingerprint density at radius 3 is 1.29 bits per heavy atom. The number of hydrogen-bond acceptors (Lipinski definition) is 3. The molecule has 0 bridgehead atoms. The molecule has 21 heteroatoms. The van der Waals surface area contributed by atoms with Crippen LogP contribution < -0.4 is 0 Å². The van der Waals surface area contributed by atoms with Crippen molar-refractivity contribution in [3.63, 3.8) is 0 Å². The molecule has 210 valence electrons. The molecular weight excluding hydrogens is 571 g/mol. The quantitative estimate of drug-likeness (QED) is 0.111. The van der Waals surface area contributed by atoms with Gasteiger partial charge in [0, 0.05) is 6.42 Å². The Morgan fingerprint density at radius 1 is 0.600 bits per heavy atom. The highest BCUT2D eigenvalue weighted by molar-refractivity contribution is 7.86. The van der Waals surface area contributed by atoms with Gasteiger partial charge in [0.25, 0.3) is 10.1 Å². The minimum Gasteiger partial charge on any atom is -0.270 e. The van der Waals surface area contributed by atoms with E-state index in [9.17, 15) is 83.1 Å². The van der Waals surface area contributed by atoms with Crippen molar-refractivity contribution in [3.05, 3.63) is 12.7 Å². The predicted octanol–water partition coefficient (Wildman–Crippen LogP) is 6.31. The smallest absolute Gasteiger partial charge is 0.270 e. The fourth-order valence-electron chi connectivity index (χ4n) is 2.03. The summed E-state index contributed by atoms with van der Waals surface area (Å²) in [6.07, 6.45) is -11.6. The molecule has 0 radical (unpaired) electrons. The van der Waals surface area contributed by atoms with E-state index >= 15 is 0 Å².